The lowest BCUT2D eigenvalue weighted by atomic mass is 9.51. The van der Waals surface area contributed by atoms with Crippen LogP contribution >= 0.6 is 0 Å². The molecule has 1 saturated heterocycles. The standard InChI is InChI=1S/C32H36N2O5/c1-18-7-8-21(15-19(18)2)9-12-28(36)34(5)24-11-10-23-25-16-22-26(38-20(3)35)17-27(37-6)30-29(22)32(23,31(24)39-30)13-14-33(25)4/h7-8,15,17,23-25,31H,10-11,13-14,16H2,1-6H3/t23-,24-,25+,31-,32-/m0/s1. The second-order valence-corrected chi connectivity index (χ2v) is 11.7. The summed E-state index contributed by atoms with van der Waals surface area (Å²) < 4.78 is 18.4. The van der Waals surface area contributed by atoms with Crippen molar-refractivity contribution >= 4 is 11.9 Å². The first-order valence-corrected chi connectivity index (χ1v) is 13.8. The van der Waals surface area contributed by atoms with Crippen LogP contribution in [0.3, 0.4) is 0 Å². The average Bonchev–Trinajstić information content (AvgIpc) is 3.25. The fourth-order valence-corrected chi connectivity index (χ4v) is 7.73. The summed E-state index contributed by atoms with van der Waals surface area (Å²) in [5, 5.41) is 0. The number of carbonyl (C=O) groups excluding carboxylic acids is 2. The van der Waals surface area contributed by atoms with Crippen LogP contribution in [0.25, 0.3) is 0 Å². The van der Waals surface area contributed by atoms with Gasteiger partial charge in [0.15, 0.2) is 11.5 Å². The van der Waals surface area contributed by atoms with E-state index in [2.05, 4.69) is 37.6 Å². The Labute approximate surface area is 230 Å². The van der Waals surface area contributed by atoms with E-state index in [0.717, 1.165) is 60.2 Å². The molecule has 7 heteroatoms. The summed E-state index contributed by atoms with van der Waals surface area (Å²) in [6.45, 7) is 6.49. The highest BCUT2D eigenvalue weighted by Crippen LogP contribution is 2.65. The van der Waals surface area contributed by atoms with Crippen molar-refractivity contribution in [2.24, 2.45) is 5.92 Å². The van der Waals surface area contributed by atoms with E-state index in [-0.39, 0.29) is 29.4 Å². The summed E-state index contributed by atoms with van der Waals surface area (Å²) >= 11 is 0. The number of benzene rings is 2. The summed E-state index contributed by atoms with van der Waals surface area (Å²) in [6, 6.07) is 7.99. The van der Waals surface area contributed by atoms with Crippen LogP contribution in [0.5, 0.6) is 17.2 Å². The highest BCUT2D eigenvalue weighted by atomic mass is 16.5. The van der Waals surface area contributed by atoms with Crippen molar-refractivity contribution in [2.45, 2.75) is 70.1 Å². The van der Waals surface area contributed by atoms with Crippen LogP contribution in [0, 0.1) is 31.6 Å². The number of nitrogens with zero attached hydrogens (tertiary/aromatic N) is 2. The van der Waals surface area contributed by atoms with Crippen molar-refractivity contribution in [3.8, 4) is 29.1 Å². The van der Waals surface area contributed by atoms with Gasteiger partial charge in [0, 0.05) is 54.1 Å². The number of carbonyl (C=O) groups is 2. The Morgan fingerprint density at radius 2 is 1.95 bits per heavy atom. The third kappa shape index (κ3) is 3.83. The smallest absolute Gasteiger partial charge is 0.308 e. The first-order chi connectivity index (χ1) is 18.6. The minimum atomic E-state index is -0.351. The summed E-state index contributed by atoms with van der Waals surface area (Å²) in [7, 11) is 5.66. The van der Waals surface area contributed by atoms with Crippen molar-refractivity contribution in [3.63, 3.8) is 0 Å². The van der Waals surface area contributed by atoms with Gasteiger partial charge in [-0.3, -0.25) is 9.59 Å². The zero-order valence-electron chi connectivity index (χ0n) is 23.6. The van der Waals surface area contributed by atoms with Crippen LogP contribution in [0.1, 0.15) is 54.0 Å². The van der Waals surface area contributed by atoms with E-state index in [1.807, 2.05) is 25.2 Å². The normalized spacial score (nSPS) is 27.9. The Morgan fingerprint density at radius 1 is 1.15 bits per heavy atom. The molecule has 2 heterocycles. The molecule has 2 fully saturated rings. The molecule has 0 radical (unpaired) electrons. The predicted molar refractivity (Wildman–Crippen MR) is 147 cm³/mol. The lowest BCUT2D eigenvalue weighted by Gasteiger charge is -2.59. The molecule has 204 valence electrons. The fraction of sp³-hybridized carbons (Fsp3) is 0.500. The van der Waals surface area contributed by atoms with Crippen LogP contribution in [0.2, 0.25) is 0 Å². The van der Waals surface area contributed by atoms with Gasteiger partial charge in [-0.05, 0) is 82.3 Å². The number of piperidine rings is 1. The molecule has 1 amide bonds. The zero-order chi connectivity index (χ0) is 27.6. The second kappa shape index (κ2) is 9.31. The third-order valence-corrected chi connectivity index (χ3v) is 9.75. The first-order valence-electron chi connectivity index (χ1n) is 13.8. The molecule has 2 aliphatic heterocycles. The molecule has 5 atom stereocenters. The van der Waals surface area contributed by atoms with Crippen molar-refractivity contribution < 1.29 is 23.8 Å². The van der Waals surface area contributed by atoms with Gasteiger partial charge in [-0.15, -0.1) is 0 Å². The Hall–Kier alpha value is -3.50. The van der Waals surface area contributed by atoms with Crippen molar-refractivity contribution in [3.05, 3.63) is 52.1 Å². The highest BCUT2D eigenvalue weighted by Gasteiger charge is 2.66. The van der Waals surface area contributed by atoms with E-state index in [0.29, 0.717) is 23.5 Å². The number of esters is 1. The summed E-state index contributed by atoms with van der Waals surface area (Å²) in [5.41, 5.74) is 5.09. The lowest BCUT2D eigenvalue weighted by molar-refractivity contribution is -0.134. The van der Waals surface area contributed by atoms with Crippen molar-refractivity contribution in [1.82, 2.24) is 9.80 Å². The van der Waals surface area contributed by atoms with E-state index in [4.69, 9.17) is 14.2 Å². The Bertz CT molecular complexity index is 1440. The first kappa shape index (κ1) is 25.8. The largest absolute Gasteiger partial charge is 0.493 e. The molecule has 7 nitrogen and oxygen atoms in total. The number of likely N-dealkylation sites (tertiary alicyclic amines) is 1. The van der Waals surface area contributed by atoms with Gasteiger partial charge >= 0.3 is 5.97 Å². The number of ether oxygens (including phenoxy) is 3. The number of likely N-dealkylation sites (N-methyl/N-ethyl adjacent to an activating group) is 2. The molecule has 6 rings (SSSR count). The van der Waals surface area contributed by atoms with Crippen molar-refractivity contribution in [2.75, 3.05) is 27.7 Å². The van der Waals surface area contributed by atoms with Gasteiger partial charge < -0.3 is 24.0 Å². The molecule has 1 saturated carbocycles. The van der Waals surface area contributed by atoms with Crippen LogP contribution in [0.15, 0.2) is 24.3 Å². The monoisotopic (exact) mass is 528 g/mol. The maximum Gasteiger partial charge on any atom is 0.308 e. The number of hydrogen-bond donors (Lipinski definition) is 0. The average molecular weight is 529 g/mol. The molecule has 39 heavy (non-hydrogen) atoms. The molecule has 4 aliphatic rings. The molecular formula is C32H36N2O5. The maximum absolute atomic E-state index is 13.4. The van der Waals surface area contributed by atoms with E-state index in [9.17, 15) is 9.59 Å². The summed E-state index contributed by atoms with van der Waals surface area (Å²) in [4.78, 5) is 29.7. The van der Waals surface area contributed by atoms with E-state index in [1.54, 1.807) is 18.1 Å². The molecule has 2 aliphatic carbocycles. The van der Waals surface area contributed by atoms with Crippen LogP contribution in [-0.2, 0) is 21.4 Å². The van der Waals surface area contributed by atoms with Gasteiger partial charge in [0.1, 0.15) is 11.9 Å². The Kier molecular flexibility index (Phi) is 6.15. The molecule has 1 spiro atoms. The van der Waals surface area contributed by atoms with Gasteiger partial charge in [0.05, 0.1) is 13.2 Å². The SMILES string of the molecule is COc1cc(OC(C)=O)c2c3c1O[C@H]1[C@@H](N(C)C(=O)C#Cc4ccc(C)c(C)c4)CC[C@H]4[C@@H](C2)N(C)CC[C@@]341. The van der Waals surface area contributed by atoms with Gasteiger partial charge in [-0.25, -0.2) is 0 Å². The highest BCUT2D eigenvalue weighted by molar-refractivity contribution is 5.94. The molecule has 0 unspecified atom stereocenters. The third-order valence-electron chi connectivity index (χ3n) is 9.75. The minimum absolute atomic E-state index is 0.132. The number of hydrogen-bond acceptors (Lipinski definition) is 6. The molecule has 2 aromatic carbocycles. The van der Waals surface area contributed by atoms with E-state index >= 15 is 0 Å². The van der Waals surface area contributed by atoms with Gasteiger partial charge in [-0.2, -0.15) is 0 Å². The van der Waals surface area contributed by atoms with Crippen molar-refractivity contribution in [1.29, 1.82) is 0 Å². The van der Waals surface area contributed by atoms with E-state index < -0.39 is 0 Å². The van der Waals surface area contributed by atoms with Crippen LogP contribution in [-0.4, -0.2) is 67.6 Å². The lowest BCUT2D eigenvalue weighted by Crippen LogP contribution is -2.68. The molecule has 2 bridgehead atoms. The van der Waals surface area contributed by atoms with Gasteiger partial charge in [0.2, 0.25) is 0 Å². The fourth-order valence-electron chi connectivity index (χ4n) is 7.73. The zero-order valence-corrected chi connectivity index (χ0v) is 23.6. The predicted octanol–water partition coefficient (Wildman–Crippen LogP) is 3.79. The maximum atomic E-state index is 13.4. The van der Waals surface area contributed by atoms with Gasteiger partial charge in [0.25, 0.3) is 5.91 Å². The molecule has 0 aromatic heterocycles. The van der Waals surface area contributed by atoms with Gasteiger partial charge in [-0.1, -0.05) is 12.0 Å². The second-order valence-electron chi connectivity index (χ2n) is 11.7. The summed E-state index contributed by atoms with van der Waals surface area (Å²) in [6.07, 6.45) is 3.32. The number of aryl methyl sites for hydroxylation is 2. The van der Waals surface area contributed by atoms with E-state index in [1.165, 1.54) is 12.5 Å². The Balaban J connectivity index is 1.40. The topological polar surface area (TPSA) is 68.3 Å². The number of methoxy groups -OCH3 is 1. The molecular weight excluding hydrogens is 492 g/mol. The van der Waals surface area contributed by atoms with Crippen LogP contribution < -0.4 is 14.2 Å². The molecule has 0 N–H and O–H groups in total. The Morgan fingerprint density at radius 3 is 2.67 bits per heavy atom. The molecule has 2 aromatic rings. The summed E-state index contributed by atoms with van der Waals surface area (Å²) in [5.74, 6) is 7.67. The quantitative estimate of drug-likeness (QED) is 0.343. The minimum Gasteiger partial charge on any atom is -0.493 e. The number of rotatable bonds is 3. The number of amides is 1. The van der Waals surface area contributed by atoms with Crippen LogP contribution in [0.4, 0.5) is 0 Å².